The number of sulfone groups is 1. The molecule has 1 aliphatic heterocycles. The van der Waals surface area contributed by atoms with E-state index in [1.165, 1.54) is 17.7 Å². The van der Waals surface area contributed by atoms with Crippen molar-refractivity contribution in [3.63, 3.8) is 0 Å². The smallest absolute Gasteiger partial charge is 0.229 e. The van der Waals surface area contributed by atoms with Gasteiger partial charge in [0, 0.05) is 48.7 Å². The summed E-state index contributed by atoms with van der Waals surface area (Å²) in [5, 5.41) is 3.92. The number of benzene rings is 2. The quantitative estimate of drug-likeness (QED) is 0.443. The molecule has 2 aromatic carbocycles. The fraction of sp³-hybridized carbons (Fsp3) is 0.280. The number of nitrogens with zero attached hydrogens (tertiary/aromatic N) is 4. The molecule has 2 aromatic heterocycles. The van der Waals surface area contributed by atoms with Crippen molar-refractivity contribution in [1.29, 1.82) is 0 Å². The molecule has 0 unspecified atom stereocenters. The van der Waals surface area contributed by atoms with E-state index in [1.54, 1.807) is 27.9 Å². The maximum Gasteiger partial charge on any atom is 0.229 e. The largest absolute Gasteiger partial charge is 0.324 e. The molecule has 182 valence electrons. The average molecular weight is 498 g/mol. The molecule has 0 amide bonds. The van der Waals surface area contributed by atoms with Gasteiger partial charge in [0.05, 0.1) is 17.2 Å². The van der Waals surface area contributed by atoms with Crippen LogP contribution >= 0.6 is 0 Å². The standard InChI is InChI=1S/C25H25F2N5O2S/c1-16-3-4-19(11-17(16)2)29-25-28-14-18-5-6-32(24(18)30-25)20-12-22(26)21(23(27)13-20)15-31-7-9-35(33,34)10-8-31/h3-6,11-14H,7-10,15H2,1-2H3,(H,28,29,30). The van der Waals surface area contributed by atoms with Gasteiger partial charge in [-0.05, 0) is 55.3 Å². The van der Waals surface area contributed by atoms with Gasteiger partial charge in [-0.2, -0.15) is 4.98 Å². The van der Waals surface area contributed by atoms with Crippen molar-refractivity contribution in [2.24, 2.45) is 0 Å². The Morgan fingerprint density at radius 1 is 1.00 bits per heavy atom. The van der Waals surface area contributed by atoms with Crippen LogP contribution in [0, 0.1) is 25.5 Å². The molecule has 1 aliphatic rings. The van der Waals surface area contributed by atoms with Gasteiger partial charge in [0.1, 0.15) is 17.3 Å². The Bertz CT molecular complexity index is 1500. The van der Waals surface area contributed by atoms with Crippen LogP contribution in [0.5, 0.6) is 0 Å². The van der Waals surface area contributed by atoms with Crippen molar-refractivity contribution >= 4 is 32.5 Å². The number of anilines is 2. The predicted octanol–water partition coefficient (Wildman–Crippen LogP) is 4.29. The number of nitrogens with one attached hydrogen (secondary N) is 1. The third-order valence-electron chi connectivity index (χ3n) is 6.41. The van der Waals surface area contributed by atoms with E-state index < -0.39 is 21.5 Å². The van der Waals surface area contributed by atoms with E-state index in [0.717, 1.165) is 16.6 Å². The van der Waals surface area contributed by atoms with Gasteiger partial charge in [-0.1, -0.05) is 6.07 Å². The molecule has 4 aromatic rings. The number of rotatable bonds is 5. The number of fused-ring (bicyclic) bond motifs is 1. The zero-order valence-corrected chi connectivity index (χ0v) is 20.2. The molecule has 0 bridgehead atoms. The first kappa shape index (κ1) is 23.4. The van der Waals surface area contributed by atoms with Crippen LogP contribution in [0.3, 0.4) is 0 Å². The molecule has 0 atom stereocenters. The van der Waals surface area contributed by atoms with E-state index in [2.05, 4.69) is 15.3 Å². The topological polar surface area (TPSA) is 80.1 Å². The molecule has 1 N–H and O–H groups in total. The first-order chi connectivity index (χ1) is 16.7. The third-order valence-corrected chi connectivity index (χ3v) is 8.02. The summed E-state index contributed by atoms with van der Waals surface area (Å²) in [6.45, 7) is 4.60. The number of hydrogen-bond donors (Lipinski definition) is 1. The van der Waals surface area contributed by atoms with Crippen molar-refractivity contribution in [3.05, 3.63) is 77.1 Å². The van der Waals surface area contributed by atoms with Crippen LogP contribution in [0.15, 0.2) is 48.8 Å². The summed E-state index contributed by atoms with van der Waals surface area (Å²) in [5.41, 5.74) is 3.90. The van der Waals surface area contributed by atoms with Gasteiger partial charge in [0.2, 0.25) is 5.95 Å². The van der Waals surface area contributed by atoms with Crippen LogP contribution in [0.25, 0.3) is 16.7 Å². The average Bonchev–Trinajstić information content (AvgIpc) is 3.23. The van der Waals surface area contributed by atoms with Crippen molar-refractivity contribution in [1.82, 2.24) is 19.4 Å². The van der Waals surface area contributed by atoms with Gasteiger partial charge in [-0.25, -0.2) is 22.2 Å². The summed E-state index contributed by atoms with van der Waals surface area (Å²) in [7, 11) is -3.06. The second kappa shape index (κ2) is 9.01. The van der Waals surface area contributed by atoms with E-state index in [1.807, 2.05) is 32.0 Å². The van der Waals surface area contributed by atoms with Gasteiger partial charge in [-0.15, -0.1) is 0 Å². The molecule has 3 heterocycles. The van der Waals surface area contributed by atoms with Gasteiger partial charge < -0.3 is 9.88 Å². The Labute approximate surface area is 202 Å². The SMILES string of the molecule is Cc1ccc(Nc2ncc3ccn(-c4cc(F)c(CN5CCS(=O)(=O)CC5)c(F)c4)c3n2)cc1C. The Morgan fingerprint density at radius 2 is 1.71 bits per heavy atom. The van der Waals surface area contributed by atoms with Crippen LogP contribution in [0.2, 0.25) is 0 Å². The Balaban J connectivity index is 1.42. The second-order valence-corrected chi connectivity index (χ2v) is 11.2. The lowest BCUT2D eigenvalue weighted by molar-refractivity contribution is 0.278. The number of hydrogen-bond acceptors (Lipinski definition) is 6. The summed E-state index contributed by atoms with van der Waals surface area (Å²) in [5.74, 6) is -0.988. The molecule has 35 heavy (non-hydrogen) atoms. The van der Waals surface area contributed by atoms with Crippen LogP contribution in [0.1, 0.15) is 16.7 Å². The number of aromatic nitrogens is 3. The van der Waals surface area contributed by atoms with Crippen molar-refractivity contribution in [3.8, 4) is 5.69 Å². The lowest BCUT2D eigenvalue weighted by atomic mass is 10.1. The highest BCUT2D eigenvalue weighted by molar-refractivity contribution is 7.91. The molecule has 0 aliphatic carbocycles. The zero-order valence-electron chi connectivity index (χ0n) is 19.4. The summed E-state index contributed by atoms with van der Waals surface area (Å²) in [6, 6.07) is 10.3. The molecule has 1 saturated heterocycles. The van der Waals surface area contributed by atoms with Gasteiger partial charge in [0.15, 0.2) is 9.84 Å². The Kier molecular flexibility index (Phi) is 6.02. The monoisotopic (exact) mass is 497 g/mol. The molecular weight excluding hydrogens is 472 g/mol. The van der Waals surface area contributed by atoms with E-state index in [0.29, 0.717) is 17.3 Å². The van der Waals surface area contributed by atoms with Crippen LogP contribution in [0.4, 0.5) is 20.4 Å². The predicted molar refractivity (Wildman–Crippen MR) is 132 cm³/mol. The molecule has 0 spiro atoms. The second-order valence-electron chi connectivity index (χ2n) is 8.90. The zero-order chi connectivity index (χ0) is 24.7. The van der Waals surface area contributed by atoms with Crippen molar-refractivity contribution in [2.75, 3.05) is 29.9 Å². The van der Waals surface area contributed by atoms with Crippen molar-refractivity contribution < 1.29 is 17.2 Å². The lowest BCUT2D eigenvalue weighted by Gasteiger charge is -2.26. The van der Waals surface area contributed by atoms with E-state index in [-0.39, 0.29) is 36.7 Å². The van der Waals surface area contributed by atoms with Gasteiger partial charge in [0.25, 0.3) is 0 Å². The molecule has 5 rings (SSSR count). The van der Waals surface area contributed by atoms with Crippen LogP contribution < -0.4 is 5.32 Å². The molecule has 7 nitrogen and oxygen atoms in total. The maximum absolute atomic E-state index is 15.0. The normalized spacial score (nSPS) is 16.0. The number of halogens is 2. The van der Waals surface area contributed by atoms with E-state index in [9.17, 15) is 8.42 Å². The minimum absolute atomic E-state index is 0.00189. The van der Waals surface area contributed by atoms with Crippen molar-refractivity contribution in [2.45, 2.75) is 20.4 Å². The minimum atomic E-state index is -3.06. The summed E-state index contributed by atoms with van der Waals surface area (Å²) >= 11 is 0. The molecule has 10 heteroatoms. The summed E-state index contributed by atoms with van der Waals surface area (Å²) in [6.07, 6.45) is 3.36. The molecule has 0 saturated carbocycles. The third kappa shape index (κ3) is 4.89. The highest BCUT2D eigenvalue weighted by Crippen LogP contribution is 2.25. The van der Waals surface area contributed by atoms with E-state index in [4.69, 9.17) is 0 Å². The first-order valence-corrected chi connectivity index (χ1v) is 13.1. The van der Waals surface area contributed by atoms with Gasteiger partial charge in [-0.3, -0.25) is 4.90 Å². The van der Waals surface area contributed by atoms with E-state index >= 15 is 8.78 Å². The Hall–Kier alpha value is -3.37. The molecular formula is C25H25F2N5O2S. The molecule has 0 radical (unpaired) electrons. The summed E-state index contributed by atoms with van der Waals surface area (Å²) in [4.78, 5) is 10.7. The van der Waals surface area contributed by atoms with Crippen LogP contribution in [-0.4, -0.2) is 52.4 Å². The fourth-order valence-corrected chi connectivity index (χ4v) is 5.42. The Morgan fingerprint density at radius 3 is 2.40 bits per heavy atom. The number of aryl methyl sites for hydroxylation is 2. The maximum atomic E-state index is 15.0. The van der Waals surface area contributed by atoms with Crippen LogP contribution in [-0.2, 0) is 16.4 Å². The van der Waals surface area contributed by atoms with Gasteiger partial charge >= 0.3 is 0 Å². The highest BCUT2D eigenvalue weighted by atomic mass is 32.2. The minimum Gasteiger partial charge on any atom is -0.324 e. The fourth-order valence-electron chi connectivity index (χ4n) is 4.15. The highest BCUT2D eigenvalue weighted by Gasteiger charge is 2.24. The first-order valence-electron chi connectivity index (χ1n) is 11.3. The molecule has 1 fully saturated rings. The summed E-state index contributed by atoms with van der Waals surface area (Å²) < 4.78 is 54.9. The lowest BCUT2D eigenvalue weighted by Crippen LogP contribution is -2.40.